The summed E-state index contributed by atoms with van der Waals surface area (Å²) in [6, 6.07) is 12.5. The summed E-state index contributed by atoms with van der Waals surface area (Å²) >= 11 is 1.66. The first kappa shape index (κ1) is 12.1. The number of benzene rings is 1. The molecule has 0 radical (unpaired) electrons. The Hall–Kier alpha value is -1.94. The van der Waals surface area contributed by atoms with Crippen molar-refractivity contribution in [2.75, 3.05) is 0 Å². The van der Waals surface area contributed by atoms with E-state index in [9.17, 15) is 0 Å². The monoisotopic (exact) mass is 269 g/mol. The molecule has 96 valence electrons. The lowest BCUT2D eigenvalue weighted by atomic mass is 10.0. The highest BCUT2D eigenvalue weighted by Gasteiger charge is 2.08. The molecular formula is C15H15N3S. The Morgan fingerprint density at radius 3 is 2.53 bits per heavy atom. The summed E-state index contributed by atoms with van der Waals surface area (Å²) in [5.41, 5.74) is 2.38. The van der Waals surface area contributed by atoms with E-state index in [2.05, 4.69) is 53.3 Å². The summed E-state index contributed by atoms with van der Waals surface area (Å²) in [5, 5.41) is 9.32. The van der Waals surface area contributed by atoms with Crippen molar-refractivity contribution in [2.45, 2.75) is 19.8 Å². The Balaban J connectivity index is 1.90. The minimum Gasteiger partial charge on any atom is -0.258 e. The van der Waals surface area contributed by atoms with Crippen LogP contribution in [0.4, 0.5) is 0 Å². The third-order valence-corrected chi connectivity index (χ3v) is 3.95. The fourth-order valence-electron chi connectivity index (χ4n) is 1.93. The quantitative estimate of drug-likeness (QED) is 0.769. The van der Waals surface area contributed by atoms with Gasteiger partial charge in [-0.2, -0.15) is 5.10 Å². The highest BCUT2D eigenvalue weighted by Crippen LogP contribution is 2.24. The summed E-state index contributed by atoms with van der Waals surface area (Å²) in [4.78, 5) is 5.65. The van der Waals surface area contributed by atoms with Crippen LogP contribution in [0.25, 0.3) is 22.1 Å². The summed E-state index contributed by atoms with van der Waals surface area (Å²) in [6.07, 6.45) is 0. The van der Waals surface area contributed by atoms with E-state index in [1.165, 1.54) is 5.56 Å². The van der Waals surface area contributed by atoms with E-state index in [1.54, 1.807) is 11.3 Å². The maximum Gasteiger partial charge on any atom is 0.181 e. The van der Waals surface area contributed by atoms with E-state index < -0.39 is 0 Å². The van der Waals surface area contributed by atoms with Gasteiger partial charge in [-0.1, -0.05) is 44.2 Å². The largest absolute Gasteiger partial charge is 0.258 e. The molecule has 3 aromatic rings. The molecule has 1 aromatic carbocycles. The van der Waals surface area contributed by atoms with Crippen LogP contribution in [0.15, 0.2) is 41.8 Å². The van der Waals surface area contributed by atoms with E-state index in [0.29, 0.717) is 5.92 Å². The van der Waals surface area contributed by atoms with Crippen molar-refractivity contribution in [1.82, 2.24) is 15.2 Å². The number of hydrogen-bond acceptors (Lipinski definition) is 3. The number of nitrogens with one attached hydrogen (secondary N) is 1. The molecule has 3 rings (SSSR count). The standard InChI is InChI=1S/C15H15N3S/c1-10(2)11-5-7-12(8-6-11)14-16-15(18-17-14)13-4-3-9-19-13/h3-10H,1-2H3,(H,16,17,18). The van der Waals surface area contributed by atoms with E-state index in [0.717, 1.165) is 22.1 Å². The number of thiophene rings is 1. The van der Waals surface area contributed by atoms with Crippen LogP contribution in [0.3, 0.4) is 0 Å². The van der Waals surface area contributed by atoms with Gasteiger partial charge in [-0.3, -0.25) is 5.10 Å². The van der Waals surface area contributed by atoms with Crippen LogP contribution < -0.4 is 0 Å². The number of aromatic amines is 1. The molecule has 4 heteroatoms. The summed E-state index contributed by atoms with van der Waals surface area (Å²) in [6.45, 7) is 4.38. The van der Waals surface area contributed by atoms with Crippen LogP contribution in [0.5, 0.6) is 0 Å². The minimum atomic E-state index is 0.544. The fraction of sp³-hybridized carbons (Fsp3) is 0.200. The number of H-pyrrole nitrogens is 1. The zero-order valence-corrected chi connectivity index (χ0v) is 11.7. The van der Waals surface area contributed by atoms with E-state index >= 15 is 0 Å². The van der Waals surface area contributed by atoms with Crippen molar-refractivity contribution in [1.29, 1.82) is 0 Å². The second kappa shape index (κ2) is 4.97. The van der Waals surface area contributed by atoms with Crippen LogP contribution in [-0.4, -0.2) is 15.2 Å². The highest BCUT2D eigenvalue weighted by molar-refractivity contribution is 7.13. The molecule has 0 bridgehead atoms. The van der Waals surface area contributed by atoms with Gasteiger partial charge < -0.3 is 0 Å². The lowest BCUT2D eigenvalue weighted by Gasteiger charge is -2.04. The van der Waals surface area contributed by atoms with Crippen molar-refractivity contribution in [3.63, 3.8) is 0 Å². The van der Waals surface area contributed by atoms with Crippen molar-refractivity contribution < 1.29 is 0 Å². The highest BCUT2D eigenvalue weighted by atomic mass is 32.1. The molecule has 0 saturated heterocycles. The molecule has 0 spiro atoms. The first-order valence-electron chi connectivity index (χ1n) is 6.30. The van der Waals surface area contributed by atoms with Crippen LogP contribution in [-0.2, 0) is 0 Å². The number of nitrogens with zero attached hydrogens (tertiary/aromatic N) is 2. The Bertz CT molecular complexity index is 651. The van der Waals surface area contributed by atoms with Gasteiger partial charge in [0, 0.05) is 5.56 Å². The Kier molecular flexibility index (Phi) is 3.17. The Morgan fingerprint density at radius 1 is 1.11 bits per heavy atom. The molecule has 3 nitrogen and oxygen atoms in total. The molecule has 0 atom stereocenters. The molecule has 0 amide bonds. The molecule has 2 aromatic heterocycles. The predicted octanol–water partition coefficient (Wildman–Crippen LogP) is 4.32. The van der Waals surface area contributed by atoms with E-state index in [1.807, 2.05) is 17.5 Å². The second-order valence-corrected chi connectivity index (χ2v) is 5.71. The molecule has 0 unspecified atom stereocenters. The summed E-state index contributed by atoms with van der Waals surface area (Å²) < 4.78 is 0. The van der Waals surface area contributed by atoms with Gasteiger partial charge >= 0.3 is 0 Å². The van der Waals surface area contributed by atoms with Gasteiger partial charge in [0.1, 0.15) is 0 Å². The smallest absolute Gasteiger partial charge is 0.181 e. The summed E-state index contributed by atoms with van der Waals surface area (Å²) in [5.74, 6) is 2.12. The second-order valence-electron chi connectivity index (χ2n) is 4.76. The molecule has 0 aliphatic heterocycles. The normalized spacial score (nSPS) is 11.1. The molecule has 1 N–H and O–H groups in total. The molecule has 0 fully saturated rings. The zero-order valence-electron chi connectivity index (χ0n) is 10.9. The van der Waals surface area contributed by atoms with Gasteiger partial charge in [-0.15, -0.1) is 11.3 Å². The molecule has 2 heterocycles. The van der Waals surface area contributed by atoms with Gasteiger partial charge in [0.15, 0.2) is 11.6 Å². The lowest BCUT2D eigenvalue weighted by molar-refractivity contribution is 0.867. The van der Waals surface area contributed by atoms with Gasteiger partial charge in [0.25, 0.3) is 0 Å². The van der Waals surface area contributed by atoms with Crippen molar-refractivity contribution in [3.05, 3.63) is 47.3 Å². The van der Waals surface area contributed by atoms with Crippen molar-refractivity contribution in [3.8, 4) is 22.1 Å². The maximum atomic E-state index is 4.54. The molecule has 0 saturated carbocycles. The Morgan fingerprint density at radius 2 is 1.89 bits per heavy atom. The van der Waals surface area contributed by atoms with Crippen LogP contribution in [0.1, 0.15) is 25.3 Å². The first-order chi connectivity index (χ1) is 9.24. The van der Waals surface area contributed by atoms with Crippen molar-refractivity contribution >= 4 is 11.3 Å². The van der Waals surface area contributed by atoms with Gasteiger partial charge in [-0.05, 0) is 22.9 Å². The molecular weight excluding hydrogens is 254 g/mol. The zero-order chi connectivity index (χ0) is 13.2. The number of hydrogen-bond donors (Lipinski definition) is 1. The third-order valence-electron chi connectivity index (χ3n) is 3.08. The Labute approximate surface area is 116 Å². The van der Waals surface area contributed by atoms with E-state index in [4.69, 9.17) is 0 Å². The average molecular weight is 269 g/mol. The molecule has 19 heavy (non-hydrogen) atoms. The maximum absolute atomic E-state index is 4.54. The topological polar surface area (TPSA) is 41.6 Å². The third kappa shape index (κ3) is 2.44. The van der Waals surface area contributed by atoms with Gasteiger partial charge in [-0.25, -0.2) is 4.98 Å². The first-order valence-corrected chi connectivity index (χ1v) is 7.18. The molecule has 0 aliphatic carbocycles. The van der Waals surface area contributed by atoms with Gasteiger partial charge in [0.2, 0.25) is 0 Å². The lowest BCUT2D eigenvalue weighted by Crippen LogP contribution is -1.87. The van der Waals surface area contributed by atoms with Crippen molar-refractivity contribution in [2.24, 2.45) is 0 Å². The number of aromatic nitrogens is 3. The fourth-order valence-corrected chi connectivity index (χ4v) is 2.60. The number of rotatable bonds is 3. The van der Waals surface area contributed by atoms with Gasteiger partial charge in [0.05, 0.1) is 4.88 Å². The average Bonchev–Trinajstić information content (AvgIpc) is 3.10. The predicted molar refractivity (Wildman–Crippen MR) is 79.2 cm³/mol. The van der Waals surface area contributed by atoms with Crippen LogP contribution in [0, 0.1) is 0 Å². The minimum absolute atomic E-state index is 0.544. The van der Waals surface area contributed by atoms with E-state index in [-0.39, 0.29) is 0 Å². The van der Waals surface area contributed by atoms with Crippen LogP contribution in [0.2, 0.25) is 0 Å². The molecule has 0 aliphatic rings. The summed E-state index contributed by atoms with van der Waals surface area (Å²) in [7, 11) is 0. The van der Waals surface area contributed by atoms with Crippen LogP contribution >= 0.6 is 11.3 Å². The SMILES string of the molecule is CC(C)c1ccc(-c2n[nH]c(-c3cccs3)n2)cc1.